The van der Waals surface area contributed by atoms with Crippen LogP contribution >= 0.6 is 0 Å². The van der Waals surface area contributed by atoms with Gasteiger partial charge in [0.15, 0.2) is 5.96 Å². The minimum atomic E-state index is 0.0624. The zero-order valence-corrected chi connectivity index (χ0v) is 17.9. The van der Waals surface area contributed by atoms with Crippen LogP contribution in [0, 0.1) is 5.92 Å². The molecule has 2 unspecified atom stereocenters. The number of piperidine rings is 1. The van der Waals surface area contributed by atoms with Crippen molar-refractivity contribution in [2.45, 2.75) is 45.6 Å². The Kier molecular flexibility index (Phi) is 8.15. The third-order valence-electron chi connectivity index (χ3n) is 5.68. The van der Waals surface area contributed by atoms with E-state index in [4.69, 9.17) is 9.73 Å². The van der Waals surface area contributed by atoms with Crippen LogP contribution in [-0.4, -0.2) is 78.0 Å². The molecule has 2 aliphatic rings. The minimum Gasteiger partial charge on any atom is -0.370 e. The van der Waals surface area contributed by atoms with Gasteiger partial charge in [0.2, 0.25) is 0 Å². The monoisotopic (exact) mass is 390 g/mol. The molecule has 1 N–H and O–H groups in total. The van der Waals surface area contributed by atoms with Crippen molar-refractivity contribution in [2.24, 2.45) is 18.0 Å². The van der Waals surface area contributed by atoms with Gasteiger partial charge >= 0.3 is 0 Å². The molecule has 158 valence electrons. The van der Waals surface area contributed by atoms with E-state index in [0.717, 1.165) is 56.6 Å². The van der Waals surface area contributed by atoms with E-state index < -0.39 is 0 Å². The highest BCUT2D eigenvalue weighted by molar-refractivity contribution is 5.80. The fraction of sp³-hybridized carbons (Fsp3) is 0.810. The molecule has 0 radical (unpaired) electrons. The third kappa shape index (κ3) is 6.21. The lowest BCUT2D eigenvalue weighted by Crippen LogP contribution is -2.48. The second-order valence-electron chi connectivity index (χ2n) is 8.24. The van der Waals surface area contributed by atoms with Gasteiger partial charge in [-0.25, -0.2) is 0 Å². The molecular weight excluding hydrogens is 352 g/mol. The fourth-order valence-electron chi connectivity index (χ4n) is 4.20. The van der Waals surface area contributed by atoms with Crippen molar-refractivity contribution in [3.05, 3.63) is 18.0 Å². The van der Waals surface area contributed by atoms with Gasteiger partial charge in [0.25, 0.3) is 0 Å². The molecule has 0 bridgehead atoms. The summed E-state index contributed by atoms with van der Waals surface area (Å²) in [6, 6.07) is 0. The maximum atomic E-state index is 5.97. The largest absolute Gasteiger partial charge is 0.370 e. The Morgan fingerprint density at radius 2 is 2.21 bits per heavy atom. The zero-order chi connectivity index (χ0) is 19.8. The van der Waals surface area contributed by atoms with Gasteiger partial charge < -0.3 is 19.9 Å². The molecule has 0 amide bonds. The lowest BCUT2D eigenvalue weighted by atomic mass is 10.0. The van der Waals surface area contributed by atoms with Crippen molar-refractivity contribution in [3.8, 4) is 0 Å². The number of guanidine groups is 1. The second-order valence-corrected chi connectivity index (χ2v) is 8.24. The van der Waals surface area contributed by atoms with Crippen LogP contribution in [0.5, 0.6) is 0 Å². The van der Waals surface area contributed by atoms with Gasteiger partial charge in [0.1, 0.15) is 6.10 Å². The molecule has 2 saturated heterocycles. The molecule has 0 saturated carbocycles. The lowest BCUT2D eigenvalue weighted by Gasteiger charge is -2.34. The van der Waals surface area contributed by atoms with Crippen molar-refractivity contribution >= 4 is 5.96 Å². The fourth-order valence-corrected chi connectivity index (χ4v) is 4.20. The molecule has 1 aromatic rings. The van der Waals surface area contributed by atoms with Crippen LogP contribution in [0.15, 0.2) is 17.4 Å². The number of unbranched alkanes of at least 4 members (excludes halogenated alkanes) is 1. The predicted molar refractivity (Wildman–Crippen MR) is 114 cm³/mol. The molecule has 7 nitrogen and oxygen atoms in total. The third-order valence-corrected chi connectivity index (χ3v) is 5.68. The number of nitrogens with one attached hydrogen (secondary N) is 1. The Labute approximate surface area is 170 Å². The van der Waals surface area contributed by atoms with E-state index in [1.165, 1.54) is 38.9 Å². The van der Waals surface area contributed by atoms with Gasteiger partial charge in [-0.3, -0.25) is 9.67 Å². The topological polar surface area (TPSA) is 57.9 Å². The molecule has 3 rings (SSSR count). The normalized spacial score (nSPS) is 24.5. The van der Waals surface area contributed by atoms with E-state index in [2.05, 4.69) is 34.1 Å². The molecular formula is C21H38N6O. The molecule has 2 fully saturated rings. The molecule has 7 heteroatoms. The van der Waals surface area contributed by atoms with E-state index in [1.807, 2.05) is 24.1 Å². The number of hydrogen-bond donors (Lipinski definition) is 1. The number of aliphatic imine (C=N–C) groups is 1. The molecule has 0 aliphatic carbocycles. The Morgan fingerprint density at radius 3 is 2.96 bits per heavy atom. The summed E-state index contributed by atoms with van der Waals surface area (Å²) < 4.78 is 7.80. The van der Waals surface area contributed by atoms with E-state index in [1.54, 1.807) is 0 Å². The van der Waals surface area contributed by atoms with Gasteiger partial charge in [-0.2, -0.15) is 5.10 Å². The number of rotatable bonds is 7. The van der Waals surface area contributed by atoms with Crippen LogP contribution in [0.25, 0.3) is 0 Å². The first-order valence-corrected chi connectivity index (χ1v) is 11.0. The van der Waals surface area contributed by atoms with Crippen LogP contribution in [0.4, 0.5) is 0 Å². The molecule has 2 aliphatic heterocycles. The average Bonchev–Trinajstić information content (AvgIpc) is 3.13. The van der Waals surface area contributed by atoms with Gasteiger partial charge in [0.05, 0.1) is 19.3 Å². The molecule has 3 heterocycles. The Hall–Kier alpha value is -1.60. The summed E-state index contributed by atoms with van der Waals surface area (Å²) in [7, 11) is 1.94. The average molecular weight is 391 g/mol. The van der Waals surface area contributed by atoms with Crippen LogP contribution in [0.1, 0.15) is 51.2 Å². The van der Waals surface area contributed by atoms with E-state index in [0.29, 0.717) is 0 Å². The summed E-state index contributed by atoms with van der Waals surface area (Å²) in [5.41, 5.74) is 1.14. The summed E-state index contributed by atoms with van der Waals surface area (Å²) in [6.45, 7) is 12.5. The van der Waals surface area contributed by atoms with Crippen molar-refractivity contribution in [1.29, 1.82) is 0 Å². The van der Waals surface area contributed by atoms with Gasteiger partial charge in [0, 0.05) is 45.0 Å². The first-order chi connectivity index (χ1) is 13.7. The van der Waals surface area contributed by atoms with Crippen molar-refractivity contribution < 1.29 is 4.74 Å². The second kappa shape index (κ2) is 10.8. The van der Waals surface area contributed by atoms with Gasteiger partial charge in [-0.1, -0.05) is 6.92 Å². The lowest BCUT2D eigenvalue weighted by molar-refractivity contribution is -0.00804. The van der Waals surface area contributed by atoms with Crippen molar-refractivity contribution in [1.82, 2.24) is 24.9 Å². The predicted octanol–water partition coefficient (Wildman–Crippen LogP) is 2.27. The van der Waals surface area contributed by atoms with Crippen LogP contribution < -0.4 is 5.32 Å². The molecule has 28 heavy (non-hydrogen) atoms. The first kappa shape index (κ1) is 21.1. The van der Waals surface area contributed by atoms with E-state index in [-0.39, 0.29) is 6.10 Å². The van der Waals surface area contributed by atoms with E-state index >= 15 is 0 Å². The number of morpholine rings is 1. The van der Waals surface area contributed by atoms with Crippen LogP contribution in [0.3, 0.4) is 0 Å². The highest BCUT2D eigenvalue weighted by Crippen LogP contribution is 2.21. The molecule has 1 aromatic heterocycles. The first-order valence-electron chi connectivity index (χ1n) is 11.0. The summed E-state index contributed by atoms with van der Waals surface area (Å²) >= 11 is 0. The summed E-state index contributed by atoms with van der Waals surface area (Å²) in [4.78, 5) is 9.86. The molecule has 0 aromatic carbocycles. The molecule has 2 atom stereocenters. The highest BCUT2D eigenvalue weighted by Gasteiger charge is 2.25. The number of aromatic nitrogens is 2. The molecule has 0 spiro atoms. The van der Waals surface area contributed by atoms with Crippen molar-refractivity contribution in [2.75, 3.05) is 52.4 Å². The quantitative estimate of drug-likeness (QED) is 0.440. The number of ether oxygens (including phenoxy) is 1. The maximum Gasteiger partial charge on any atom is 0.194 e. The minimum absolute atomic E-state index is 0.0624. The smallest absolute Gasteiger partial charge is 0.194 e. The highest BCUT2D eigenvalue weighted by atomic mass is 16.5. The van der Waals surface area contributed by atoms with Crippen LogP contribution in [0.2, 0.25) is 0 Å². The van der Waals surface area contributed by atoms with Gasteiger partial charge in [-0.05, 0) is 51.6 Å². The number of aryl methyl sites for hydroxylation is 1. The number of nitrogens with zero attached hydrogens (tertiary/aromatic N) is 5. The number of likely N-dealkylation sites (tertiary alicyclic amines) is 1. The summed E-state index contributed by atoms with van der Waals surface area (Å²) in [5.74, 6) is 1.88. The Balaban J connectivity index is 1.46. The Morgan fingerprint density at radius 1 is 1.32 bits per heavy atom. The standard InChI is InChI=1S/C21H38N6O/c1-4-22-21(23-9-5-6-10-26-11-7-8-18(2)15-26)27-12-13-28-20(17-27)19-14-24-25(3)16-19/h14,16,18,20H,4-13,15,17H2,1-3H3,(H,22,23). The summed E-state index contributed by atoms with van der Waals surface area (Å²) in [6.07, 6.45) is 9.14. The summed E-state index contributed by atoms with van der Waals surface area (Å²) in [5, 5.41) is 7.74. The SMILES string of the molecule is CCNC(=NCCCCN1CCCC(C)C1)N1CCOC(c2cnn(C)c2)C1. The van der Waals surface area contributed by atoms with Gasteiger partial charge in [-0.15, -0.1) is 0 Å². The maximum absolute atomic E-state index is 5.97. The Bertz CT molecular complexity index is 616. The zero-order valence-electron chi connectivity index (χ0n) is 17.9. The van der Waals surface area contributed by atoms with Crippen LogP contribution in [-0.2, 0) is 11.8 Å². The van der Waals surface area contributed by atoms with Crippen molar-refractivity contribution in [3.63, 3.8) is 0 Å². The van der Waals surface area contributed by atoms with E-state index in [9.17, 15) is 0 Å². The number of hydrogen-bond acceptors (Lipinski definition) is 4.